The highest BCUT2D eigenvalue weighted by Gasteiger charge is 2.33. The standard InChI is InChI=1S/C23H25FN4OS3/c1-4-10-30-21-25-18-15-12-29-23(3,5-2)11-17(15)32-19(18)20-26-27-22(28(20)21)31-13-14-8-6-7-9-16(14)24/h6-9H,4-5,10-13H2,1-3H3/t23-/m1/s1. The van der Waals surface area contributed by atoms with Crippen molar-refractivity contribution in [2.45, 2.75) is 68.3 Å². The van der Waals surface area contributed by atoms with Crippen molar-refractivity contribution in [3.8, 4) is 0 Å². The largest absolute Gasteiger partial charge is 0.370 e. The van der Waals surface area contributed by atoms with Gasteiger partial charge in [-0.15, -0.1) is 21.5 Å². The predicted molar refractivity (Wildman–Crippen MR) is 130 cm³/mol. The van der Waals surface area contributed by atoms with E-state index < -0.39 is 0 Å². The first-order chi connectivity index (χ1) is 15.5. The first-order valence-electron chi connectivity index (χ1n) is 10.9. The Morgan fingerprint density at radius 2 is 2.03 bits per heavy atom. The van der Waals surface area contributed by atoms with Crippen molar-refractivity contribution in [2.24, 2.45) is 0 Å². The third-order valence-corrected chi connectivity index (χ3v) is 9.23. The van der Waals surface area contributed by atoms with Gasteiger partial charge < -0.3 is 4.74 Å². The van der Waals surface area contributed by atoms with E-state index in [0.29, 0.717) is 17.9 Å². The van der Waals surface area contributed by atoms with Crippen LogP contribution in [0.3, 0.4) is 0 Å². The number of hydrogen-bond acceptors (Lipinski definition) is 7. The summed E-state index contributed by atoms with van der Waals surface area (Å²) in [6.45, 7) is 7.10. The Hall–Kier alpha value is -1.68. The minimum Gasteiger partial charge on any atom is -0.370 e. The van der Waals surface area contributed by atoms with Gasteiger partial charge in [-0.25, -0.2) is 13.8 Å². The second-order valence-corrected chi connectivity index (χ2v) is 11.3. The van der Waals surface area contributed by atoms with E-state index in [1.54, 1.807) is 29.2 Å². The van der Waals surface area contributed by atoms with E-state index >= 15 is 0 Å². The second-order valence-electron chi connectivity index (χ2n) is 8.21. The number of aromatic nitrogens is 4. The molecule has 0 radical (unpaired) electrons. The number of halogens is 1. The molecule has 3 aromatic heterocycles. The van der Waals surface area contributed by atoms with Crippen molar-refractivity contribution in [3.63, 3.8) is 0 Å². The van der Waals surface area contributed by atoms with Crippen molar-refractivity contribution in [2.75, 3.05) is 5.75 Å². The zero-order valence-corrected chi connectivity index (χ0v) is 20.8. The molecule has 0 amide bonds. The third-order valence-electron chi connectivity index (χ3n) is 5.90. The molecular weight excluding hydrogens is 463 g/mol. The Balaban J connectivity index is 1.60. The van der Waals surface area contributed by atoms with Crippen LogP contribution in [0.5, 0.6) is 0 Å². The summed E-state index contributed by atoms with van der Waals surface area (Å²) >= 11 is 4.97. The predicted octanol–water partition coefficient (Wildman–Crippen LogP) is 6.51. The molecule has 4 aromatic rings. The monoisotopic (exact) mass is 488 g/mol. The smallest absolute Gasteiger partial charge is 0.198 e. The highest BCUT2D eigenvalue weighted by Crippen LogP contribution is 2.42. The van der Waals surface area contributed by atoms with Crippen LogP contribution < -0.4 is 0 Å². The zero-order chi connectivity index (χ0) is 22.3. The van der Waals surface area contributed by atoms with Gasteiger partial charge in [0.25, 0.3) is 0 Å². The van der Waals surface area contributed by atoms with E-state index in [-0.39, 0.29) is 11.4 Å². The molecule has 0 aliphatic carbocycles. The van der Waals surface area contributed by atoms with Gasteiger partial charge in [-0.2, -0.15) is 0 Å². The lowest BCUT2D eigenvalue weighted by Crippen LogP contribution is -2.33. The zero-order valence-electron chi connectivity index (χ0n) is 18.4. The lowest BCUT2D eigenvalue weighted by molar-refractivity contribution is -0.0546. The van der Waals surface area contributed by atoms with Crippen LogP contribution in [-0.2, 0) is 23.5 Å². The number of fused-ring (bicyclic) bond motifs is 5. The Bertz CT molecular complexity index is 1290. The molecule has 0 N–H and O–H groups in total. The Morgan fingerprint density at radius 1 is 1.19 bits per heavy atom. The summed E-state index contributed by atoms with van der Waals surface area (Å²) in [6.07, 6.45) is 2.92. The number of hydrogen-bond donors (Lipinski definition) is 0. The van der Waals surface area contributed by atoms with Gasteiger partial charge in [-0.1, -0.05) is 55.6 Å². The quantitative estimate of drug-likeness (QED) is 0.218. The maximum atomic E-state index is 14.1. The number of benzene rings is 1. The number of thiophene rings is 1. The van der Waals surface area contributed by atoms with Gasteiger partial charge in [-0.3, -0.25) is 0 Å². The summed E-state index contributed by atoms with van der Waals surface area (Å²) in [7, 11) is 0. The van der Waals surface area contributed by atoms with Crippen molar-refractivity contribution < 1.29 is 9.13 Å². The van der Waals surface area contributed by atoms with E-state index in [1.165, 1.54) is 28.3 Å². The fourth-order valence-corrected chi connectivity index (χ4v) is 7.02. The molecule has 1 atom stereocenters. The molecule has 1 aliphatic rings. The number of thioether (sulfide) groups is 2. The molecule has 0 saturated heterocycles. The molecule has 4 heterocycles. The third kappa shape index (κ3) is 3.93. The van der Waals surface area contributed by atoms with Crippen LogP contribution in [0.2, 0.25) is 0 Å². The van der Waals surface area contributed by atoms with Crippen LogP contribution in [0, 0.1) is 5.82 Å². The van der Waals surface area contributed by atoms with Crippen LogP contribution in [0.4, 0.5) is 4.39 Å². The number of rotatable bonds is 7. The van der Waals surface area contributed by atoms with E-state index in [1.807, 2.05) is 12.1 Å². The maximum absolute atomic E-state index is 14.1. The molecule has 32 heavy (non-hydrogen) atoms. The SMILES string of the molecule is CCCSc1nc2c3c(sc2c2nnc(SCc4ccccc4F)n12)C[C@@](C)(CC)OC3. The Kier molecular flexibility index (Phi) is 6.17. The molecule has 168 valence electrons. The second kappa shape index (κ2) is 8.93. The molecule has 0 bridgehead atoms. The maximum Gasteiger partial charge on any atom is 0.198 e. The van der Waals surface area contributed by atoms with Crippen LogP contribution >= 0.6 is 34.9 Å². The van der Waals surface area contributed by atoms with Gasteiger partial charge in [-0.05, 0) is 31.4 Å². The van der Waals surface area contributed by atoms with E-state index in [4.69, 9.17) is 9.72 Å². The van der Waals surface area contributed by atoms with Gasteiger partial charge in [0.15, 0.2) is 16.0 Å². The van der Waals surface area contributed by atoms with Crippen molar-refractivity contribution in [3.05, 3.63) is 46.1 Å². The minimum absolute atomic E-state index is 0.127. The summed E-state index contributed by atoms with van der Waals surface area (Å²) in [4.78, 5) is 6.42. The van der Waals surface area contributed by atoms with Gasteiger partial charge >= 0.3 is 0 Å². The highest BCUT2D eigenvalue weighted by molar-refractivity contribution is 7.99. The summed E-state index contributed by atoms with van der Waals surface area (Å²) in [5, 5.41) is 10.7. The molecule has 0 spiro atoms. The topological polar surface area (TPSA) is 52.3 Å². The van der Waals surface area contributed by atoms with E-state index in [9.17, 15) is 4.39 Å². The molecular formula is C23H25FN4OS3. The summed E-state index contributed by atoms with van der Waals surface area (Å²) in [5.74, 6) is 1.26. The molecule has 1 aliphatic heterocycles. The molecule has 0 fully saturated rings. The fraction of sp³-hybridized carbons (Fsp3) is 0.435. The number of ether oxygens (including phenoxy) is 1. The number of nitrogens with zero attached hydrogens (tertiary/aromatic N) is 4. The molecule has 5 rings (SSSR count). The normalized spacial score (nSPS) is 18.5. The molecule has 9 heteroatoms. The first kappa shape index (κ1) is 22.1. The highest BCUT2D eigenvalue weighted by atomic mass is 32.2. The molecule has 0 saturated carbocycles. The fourth-order valence-electron chi connectivity index (χ4n) is 3.80. The van der Waals surface area contributed by atoms with Crippen molar-refractivity contribution in [1.29, 1.82) is 0 Å². The molecule has 0 unspecified atom stereocenters. The lowest BCUT2D eigenvalue weighted by Gasteiger charge is -2.32. The van der Waals surface area contributed by atoms with Gasteiger partial charge in [0.1, 0.15) is 5.82 Å². The average molecular weight is 489 g/mol. The summed E-state index contributed by atoms with van der Waals surface area (Å²) < 4.78 is 23.5. The average Bonchev–Trinajstić information content (AvgIpc) is 3.38. The van der Waals surface area contributed by atoms with E-state index in [0.717, 1.165) is 51.2 Å². The van der Waals surface area contributed by atoms with Crippen LogP contribution in [0.1, 0.15) is 49.6 Å². The minimum atomic E-state index is -0.195. The molecule has 1 aromatic carbocycles. The molecule has 5 nitrogen and oxygen atoms in total. The van der Waals surface area contributed by atoms with Gasteiger partial charge in [0.2, 0.25) is 0 Å². The van der Waals surface area contributed by atoms with Crippen molar-refractivity contribution in [1.82, 2.24) is 19.6 Å². The lowest BCUT2D eigenvalue weighted by atomic mass is 9.93. The van der Waals surface area contributed by atoms with Gasteiger partial charge in [0, 0.05) is 28.4 Å². The Labute approximate surface area is 199 Å². The van der Waals surface area contributed by atoms with E-state index in [2.05, 4.69) is 35.4 Å². The van der Waals surface area contributed by atoms with Crippen molar-refractivity contribution >= 4 is 50.7 Å². The van der Waals surface area contributed by atoms with Crippen LogP contribution in [-0.4, -0.2) is 30.9 Å². The summed E-state index contributed by atoms with van der Waals surface area (Å²) in [5.41, 5.74) is 3.56. The van der Waals surface area contributed by atoms with Crippen LogP contribution in [0.25, 0.3) is 15.9 Å². The Morgan fingerprint density at radius 3 is 2.81 bits per heavy atom. The van der Waals surface area contributed by atoms with Crippen LogP contribution in [0.15, 0.2) is 34.6 Å². The van der Waals surface area contributed by atoms with Gasteiger partial charge in [0.05, 0.1) is 22.4 Å². The first-order valence-corrected chi connectivity index (χ1v) is 13.6. The summed E-state index contributed by atoms with van der Waals surface area (Å²) in [6, 6.07) is 6.87.